The molecule has 1 N–H and O–H groups in total. The number of hydrogen-bond donors (Lipinski definition) is 1. The number of rotatable bonds is 6. The van der Waals surface area contributed by atoms with Crippen LogP contribution in [0.5, 0.6) is 0 Å². The number of aryl methyl sites for hydroxylation is 1. The first-order valence-corrected chi connectivity index (χ1v) is 13.0. The Morgan fingerprint density at radius 1 is 0.938 bits per heavy atom. The quantitative estimate of drug-likeness (QED) is 0.714. The van der Waals surface area contributed by atoms with Gasteiger partial charge in [0, 0.05) is 31.9 Å². The van der Waals surface area contributed by atoms with Gasteiger partial charge in [-0.1, -0.05) is 36.2 Å². The standard InChI is InChI=1S/C25H33N3O3S/c1-20-7-9-21(10-8-20)18-27-15-5-6-22(19-27)25(29)26-23-11-13-24(14-12-23)32(30,31)28-16-3-2-4-17-28/h7-14,22H,2-6,15-19H2,1H3,(H,26,29). The van der Waals surface area contributed by atoms with Gasteiger partial charge in [-0.15, -0.1) is 0 Å². The molecule has 172 valence electrons. The average molecular weight is 456 g/mol. The smallest absolute Gasteiger partial charge is 0.243 e. The van der Waals surface area contributed by atoms with Crippen molar-refractivity contribution in [3.8, 4) is 0 Å². The monoisotopic (exact) mass is 455 g/mol. The molecular weight excluding hydrogens is 422 g/mol. The van der Waals surface area contributed by atoms with E-state index < -0.39 is 10.0 Å². The van der Waals surface area contributed by atoms with Crippen molar-refractivity contribution in [2.24, 2.45) is 5.92 Å². The lowest BCUT2D eigenvalue weighted by Crippen LogP contribution is -2.40. The molecule has 2 heterocycles. The average Bonchev–Trinajstić information content (AvgIpc) is 2.82. The number of benzene rings is 2. The highest BCUT2D eigenvalue weighted by molar-refractivity contribution is 7.89. The van der Waals surface area contributed by atoms with Gasteiger partial charge in [0.25, 0.3) is 0 Å². The van der Waals surface area contributed by atoms with Crippen LogP contribution in [0.2, 0.25) is 0 Å². The highest BCUT2D eigenvalue weighted by Crippen LogP contribution is 2.24. The maximum atomic E-state index is 12.9. The molecule has 0 spiro atoms. The lowest BCUT2D eigenvalue weighted by atomic mass is 9.96. The maximum Gasteiger partial charge on any atom is 0.243 e. The van der Waals surface area contributed by atoms with Gasteiger partial charge >= 0.3 is 0 Å². The lowest BCUT2D eigenvalue weighted by molar-refractivity contribution is -0.121. The number of carbonyl (C=O) groups excluding carboxylic acids is 1. The molecule has 32 heavy (non-hydrogen) atoms. The molecule has 2 fully saturated rings. The van der Waals surface area contributed by atoms with E-state index in [0.29, 0.717) is 23.7 Å². The molecule has 1 atom stereocenters. The Morgan fingerprint density at radius 2 is 1.62 bits per heavy atom. The third-order valence-electron chi connectivity index (χ3n) is 6.48. The molecule has 0 radical (unpaired) electrons. The SMILES string of the molecule is Cc1ccc(CN2CCCC(C(=O)Nc3ccc(S(=O)(=O)N4CCCCC4)cc3)C2)cc1. The predicted octanol–water partition coefficient (Wildman–Crippen LogP) is 4.02. The number of piperidine rings is 2. The molecule has 4 rings (SSSR count). The Bertz CT molecular complexity index is 1010. The normalized spacial score (nSPS) is 20.7. The third-order valence-corrected chi connectivity index (χ3v) is 8.39. The van der Waals surface area contributed by atoms with Crippen LogP contribution in [0, 0.1) is 12.8 Å². The first kappa shape index (κ1) is 23.0. The van der Waals surface area contributed by atoms with E-state index in [9.17, 15) is 13.2 Å². The molecule has 0 aliphatic carbocycles. The van der Waals surface area contributed by atoms with E-state index in [0.717, 1.165) is 51.7 Å². The van der Waals surface area contributed by atoms with Crippen molar-refractivity contribution in [2.45, 2.75) is 50.5 Å². The van der Waals surface area contributed by atoms with Crippen LogP contribution in [-0.4, -0.2) is 49.7 Å². The summed E-state index contributed by atoms with van der Waals surface area (Å²) < 4.78 is 27.2. The number of amides is 1. The molecule has 0 aromatic heterocycles. The van der Waals surface area contributed by atoms with Gasteiger partial charge in [0.2, 0.25) is 15.9 Å². The summed E-state index contributed by atoms with van der Waals surface area (Å²) in [5.41, 5.74) is 3.16. The summed E-state index contributed by atoms with van der Waals surface area (Å²) in [6, 6.07) is 15.1. The van der Waals surface area contributed by atoms with Gasteiger partial charge < -0.3 is 5.32 Å². The number of anilines is 1. The van der Waals surface area contributed by atoms with Crippen LogP contribution in [0.3, 0.4) is 0 Å². The van der Waals surface area contributed by atoms with Crippen LogP contribution in [0.25, 0.3) is 0 Å². The van der Waals surface area contributed by atoms with Crippen LogP contribution < -0.4 is 5.32 Å². The second-order valence-corrected chi connectivity index (χ2v) is 11.0. The van der Waals surface area contributed by atoms with Crippen LogP contribution in [0.4, 0.5) is 5.69 Å². The Kier molecular flexibility index (Phi) is 7.28. The van der Waals surface area contributed by atoms with E-state index >= 15 is 0 Å². The van der Waals surface area contributed by atoms with Crippen molar-refractivity contribution in [1.29, 1.82) is 0 Å². The predicted molar refractivity (Wildman–Crippen MR) is 127 cm³/mol. The van der Waals surface area contributed by atoms with E-state index in [2.05, 4.69) is 41.4 Å². The number of sulfonamides is 1. The summed E-state index contributed by atoms with van der Waals surface area (Å²) in [4.78, 5) is 15.5. The zero-order chi connectivity index (χ0) is 22.6. The van der Waals surface area contributed by atoms with Gasteiger partial charge in [0.15, 0.2) is 0 Å². The van der Waals surface area contributed by atoms with Crippen molar-refractivity contribution in [3.63, 3.8) is 0 Å². The van der Waals surface area contributed by atoms with E-state index in [4.69, 9.17) is 0 Å². The number of hydrogen-bond acceptors (Lipinski definition) is 4. The van der Waals surface area contributed by atoms with E-state index in [1.807, 2.05) is 0 Å². The zero-order valence-electron chi connectivity index (χ0n) is 18.8. The number of likely N-dealkylation sites (tertiary alicyclic amines) is 1. The van der Waals surface area contributed by atoms with Crippen molar-refractivity contribution < 1.29 is 13.2 Å². The molecule has 1 unspecified atom stereocenters. The fraction of sp³-hybridized carbons (Fsp3) is 0.480. The number of nitrogens with zero attached hydrogens (tertiary/aromatic N) is 2. The van der Waals surface area contributed by atoms with Gasteiger partial charge in [-0.25, -0.2) is 8.42 Å². The molecule has 2 aromatic carbocycles. The van der Waals surface area contributed by atoms with E-state index in [1.54, 1.807) is 28.6 Å². The maximum absolute atomic E-state index is 12.9. The summed E-state index contributed by atoms with van der Waals surface area (Å²) in [6.45, 7) is 5.85. The summed E-state index contributed by atoms with van der Waals surface area (Å²) in [7, 11) is -3.45. The minimum absolute atomic E-state index is 0.00486. The van der Waals surface area contributed by atoms with Gasteiger partial charge in [-0.05, 0) is 69.0 Å². The van der Waals surface area contributed by atoms with Crippen LogP contribution in [0.15, 0.2) is 53.4 Å². The topological polar surface area (TPSA) is 69.7 Å². The van der Waals surface area contributed by atoms with Gasteiger partial charge in [0.05, 0.1) is 10.8 Å². The summed E-state index contributed by atoms with van der Waals surface area (Å²) in [6.07, 6.45) is 4.78. The van der Waals surface area contributed by atoms with Crippen LogP contribution in [0.1, 0.15) is 43.2 Å². The largest absolute Gasteiger partial charge is 0.326 e. The molecule has 7 heteroatoms. The molecule has 2 aromatic rings. The molecule has 1 amide bonds. The summed E-state index contributed by atoms with van der Waals surface area (Å²) in [5.74, 6) is -0.0591. The molecule has 0 saturated carbocycles. The molecule has 2 aliphatic rings. The Balaban J connectivity index is 1.34. The fourth-order valence-corrected chi connectivity index (χ4v) is 6.09. The van der Waals surface area contributed by atoms with Crippen LogP contribution >= 0.6 is 0 Å². The minimum Gasteiger partial charge on any atom is -0.326 e. The first-order chi connectivity index (χ1) is 15.4. The van der Waals surface area contributed by atoms with Crippen molar-refractivity contribution in [2.75, 3.05) is 31.5 Å². The highest BCUT2D eigenvalue weighted by Gasteiger charge is 2.27. The number of carbonyl (C=O) groups is 1. The third kappa shape index (κ3) is 5.57. The van der Waals surface area contributed by atoms with E-state index in [1.165, 1.54) is 11.1 Å². The van der Waals surface area contributed by atoms with Crippen molar-refractivity contribution in [1.82, 2.24) is 9.21 Å². The fourth-order valence-electron chi connectivity index (χ4n) is 4.57. The molecule has 2 saturated heterocycles. The first-order valence-electron chi connectivity index (χ1n) is 11.6. The van der Waals surface area contributed by atoms with Crippen LogP contribution in [-0.2, 0) is 21.4 Å². The van der Waals surface area contributed by atoms with Gasteiger partial charge in [0.1, 0.15) is 0 Å². The Labute approximate surface area is 191 Å². The zero-order valence-corrected chi connectivity index (χ0v) is 19.6. The van der Waals surface area contributed by atoms with E-state index in [-0.39, 0.29) is 11.8 Å². The summed E-state index contributed by atoms with van der Waals surface area (Å²) in [5, 5.41) is 2.99. The molecule has 0 bridgehead atoms. The van der Waals surface area contributed by atoms with Gasteiger partial charge in [-0.2, -0.15) is 4.31 Å². The van der Waals surface area contributed by atoms with Crippen molar-refractivity contribution in [3.05, 3.63) is 59.7 Å². The summed E-state index contributed by atoms with van der Waals surface area (Å²) >= 11 is 0. The highest BCUT2D eigenvalue weighted by atomic mass is 32.2. The molecule has 2 aliphatic heterocycles. The van der Waals surface area contributed by atoms with Crippen molar-refractivity contribution >= 4 is 21.6 Å². The Morgan fingerprint density at radius 3 is 2.31 bits per heavy atom. The second-order valence-electron chi connectivity index (χ2n) is 9.04. The lowest BCUT2D eigenvalue weighted by Gasteiger charge is -2.32. The van der Waals surface area contributed by atoms with Gasteiger partial charge in [-0.3, -0.25) is 9.69 Å². The molecule has 6 nitrogen and oxygen atoms in total. The number of nitrogens with one attached hydrogen (secondary N) is 1. The minimum atomic E-state index is -3.45. The Hall–Kier alpha value is -2.22. The second kappa shape index (κ2) is 10.1. The molecular formula is C25H33N3O3S.